The molecule has 0 fully saturated rings. The van der Waals surface area contributed by atoms with Gasteiger partial charge < -0.3 is 19.3 Å². The Morgan fingerprint density at radius 2 is 2.13 bits per heavy atom. The molecule has 1 aromatic rings. The number of aryl methyl sites for hydroxylation is 1. The van der Waals surface area contributed by atoms with Gasteiger partial charge in [0.2, 0.25) is 0 Å². The number of carbonyl (C=O) groups excluding carboxylic acids is 1. The Morgan fingerprint density at radius 1 is 1.43 bits per heavy atom. The number of hydrogen-bond donors (Lipinski definition) is 1. The highest BCUT2D eigenvalue weighted by Crippen LogP contribution is 2.43. The van der Waals surface area contributed by atoms with Gasteiger partial charge in [-0.25, -0.2) is 0 Å². The molecule has 128 valence electrons. The highest BCUT2D eigenvalue weighted by Gasteiger charge is 2.38. The summed E-state index contributed by atoms with van der Waals surface area (Å²) in [5.41, 5.74) is 0.900. The van der Waals surface area contributed by atoms with Crippen LogP contribution in [0.25, 0.3) is 0 Å². The first-order valence-corrected chi connectivity index (χ1v) is 7.99. The second kappa shape index (κ2) is 6.79. The molecule has 1 aliphatic rings. The summed E-state index contributed by atoms with van der Waals surface area (Å²) in [6.45, 7) is 7.54. The maximum atomic E-state index is 11.9. The van der Waals surface area contributed by atoms with Gasteiger partial charge in [-0.3, -0.25) is 4.79 Å². The lowest BCUT2D eigenvalue weighted by Gasteiger charge is -2.38. The van der Waals surface area contributed by atoms with Crippen molar-refractivity contribution in [2.75, 3.05) is 13.7 Å². The number of ether oxygens (including phenoxy) is 3. The van der Waals surface area contributed by atoms with Crippen molar-refractivity contribution in [3.63, 3.8) is 0 Å². The van der Waals surface area contributed by atoms with E-state index in [0.717, 1.165) is 16.9 Å². The summed E-state index contributed by atoms with van der Waals surface area (Å²) < 4.78 is 16.5. The maximum absolute atomic E-state index is 11.9. The number of esters is 1. The minimum Gasteiger partial charge on any atom is -0.496 e. The smallest absolute Gasteiger partial charge is 0.306 e. The van der Waals surface area contributed by atoms with Gasteiger partial charge in [0, 0.05) is 11.5 Å². The largest absolute Gasteiger partial charge is 0.496 e. The standard InChI is InChI=1S/C18H26O5/c1-6-22-17(19)9-12-8-16(18(3,4)20)23-15-7-11(2)14(21-5)10-13(12)15/h7,10,12,16,20H,6,8-9H2,1-5H3/t12-,16+/m0/s1. The summed E-state index contributed by atoms with van der Waals surface area (Å²) in [4.78, 5) is 11.9. The first-order chi connectivity index (χ1) is 10.8. The molecule has 5 heteroatoms. The molecule has 0 amide bonds. The Balaban J connectivity index is 2.38. The number of rotatable bonds is 5. The molecule has 1 aliphatic heterocycles. The predicted molar refractivity (Wildman–Crippen MR) is 87.1 cm³/mol. The highest BCUT2D eigenvalue weighted by molar-refractivity contribution is 5.71. The van der Waals surface area contributed by atoms with Gasteiger partial charge in [-0.2, -0.15) is 0 Å². The lowest BCUT2D eigenvalue weighted by molar-refractivity contribution is -0.144. The summed E-state index contributed by atoms with van der Waals surface area (Å²) >= 11 is 0. The summed E-state index contributed by atoms with van der Waals surface area (Å²) in [7, 11) is 1.62. The molecule has 0 saturated heterocycles. The first kappa shape index (κ1) is 17.6. The van der Waals surface area contributed by atoms with Crippen LogP contribution in [0.4, 0.5) is 0 Å². The molecule has 0 aromatic heterocycles. The van der Waals surface area contributed by atoms with Crippen molar-refractivity contribution in [1.29, 1.82) is 0 Å². The van der Waals surface area contributed by atoms with Gasteiger partial charge in [0.15, 0.2) is 0 Å². The molecular weight excluding hydrogens is 296 g/mol. The number of carbonyl (C=O) groups is 1. The van der Waals surface area contributed by atoms with E-state index in [-0.39, 0.29) is 24.4 Å². The van der Waals surface area contributed by atoms with Crippen molar-refractivity contribution in [2.45, 2.75) is 58.2 Å². The molecule has 0 radical (unpaired) electrons. The summed E-state index contributed by atoms with van der Waals surface area (Å²) in [6.07, 6.45) is 0.451. The van der Waals surface area contributed by atoms with Crippen LogP contribution in [0.5, 0.6) is 11.5 Å². The van der Waals surface area contributed by atoms with E-state index >= 15 is 0 Å². The fourth-order valence-corrected chi connectivity index (χ4v) is 2.95. The number of benzene rings is 1. The van der Waals surface area contributed by atoms with E-state index in [4.69, 9.17) is 14.2 Å². The summed E-state index contributed by atoms with van der Waals surface area (Å²) in [6, 6.07) is 3.83. The third-order valence-corrected chi connectivity index (χ3v) is 4.24. The van der Waals surface area contributed by atoms with Gasteiger partial charge in [0.25, 0.3) is 0 Å². The van der Waals surface area contributed by atoms with Gasteiger partial charge in [-0.15, -0.1) is 0 Å². The molecule has 23 heavy (non-hydrogen) atoms. The average Bonchev–Trinajstić information content (AvgIpc) is 2.45. The van der Waals surface area contributed by atoms with Crippen LogP contribution in [0.1, 0.15) is 50.7 Å². The SMILES string of the molecule is CCOC(=O)C[C@@H]1C[C@H](C(C)(C)O)Oc2cc(C)c(OC)cc21. The zero-order valence-corrected chi connectivity index (χ0v) is 14.5. The molecule has 0 aliphatic carbocycles. The minimum atomic E-state index is -0.988. The number of methoxy groups -OCH3 is 1. The third-order valence-electron chi connectivity index (χ3n) is 4.24. The van der Waals surface area contributed by atoms with Crippen molar-refractivity contribution in [2.24, 2.45) is 0 Å². The molecule has 0 saturated carbocycles. The van der Waals surface area contributed by atoms with E-state index < -0.39 is 5.60 Å². The molecule has 0 spiro atoms. The van der Waals surface area contributed by atoms with Crippen molar-refractivity contribution in [3.8, 4) is 11.5 Å². The van der Waals surface area contributed by atoms with Crippen LogP contribution in [0.2, 0.25) is 0 Å². The van der Waals surface area contributed by atoms with Crippen molar-refractivity contribution < 1.29 is 24.1 Å². The average molecular weight is 322 g/mol. The Bertz CT molecular complexity index is 574. The number of hydrogen-bond acceptors (Lipinski definition) is 5. The minimum absolute atomic E-state index is 0.0660. The molecule has 1 heterocycles. The molecule has 2 rings (SSSR count). The fourth-order valence-electron chi connectivity index (χ4n) is 2.95. The van der Waals surface area contributed by atoms with E-state index in [2.05, 4.69) is 0 Å². The van der Waals surface area contributed by atoms with Crippen LogP contribution in [-0.2, 0) is 9.53 Å². The zero-order chi connectivity index (χ0) is 17.2. The Kier molecular flexibility index (Phi) is 5.19. The van der Waals surface area contributed by atoms with Crippen molar-refractivity contribution >= 4 is 5.97 Å². The Labute approximate surface area is 137 Å². The van der Waals surface area contributed by atoms with Crippen LogP contribution < -0.4 is 9.47 Å². The van der Waals surface area contributed by atoms with E-state index in [1.165, 1.54) is 0 Å². The number of aliphatic hydroxyl groups is 1. The van der Waals surface area contributed by atoms with Crippen molar-refractivity contribution in [1.82, 2.24) is 0 Å². The van der Waals surface area contributed by atoms with Crippen LogP contribution in [-0.4, -0.2) is 36.5 Å². The normalized spacial score (nSPS) is 20.4. The molecular formula is C18H26O5. The first-order valence-electron chi connectivity index (χ1n) is 7.99. The van der Waals surface area contributed by atoms with E-state index in [1.54, 1.807) is 27.9 Å². The van der Waals surface area contributed by atoms with Crippen LogP contribution in [0, 0.1) is 6.92 Å². The van der Waals surface area contributed by atoms with Gasteiger partial charge >= 0.3 is 5.97 Å². The Morgan fingerprint density at radius 3 is 2.70 bits per heavy atom. The maximum Gasteiger partial charge on any atom is 0.306 e. The molecule has 0 unspecified atom stereocenters. The lowest BCUT2D eigenvalue weighted by Crippen LogP contribution is -2.44. The number of fused-ring (bicyclic) bond motifs is 1. The molecule has 0 bridgehead atoms. The molecule has 5 nitrogen and oxygen atoms in total. The zero-order valence-electron chi connectivity index (χ0n) is 14.5. The predicted octanol–water partition coefficient (Wildman–Crippen LogP) is 2.96. The topological polar surface area (TPSA) is 65.0 Å². The van der Waals surface area contributed by atoms with Crippen LogP contribution in [0.3, 0.4) is 0 Å². The molecule has 1 aromatic carbocycles. The second-order valence-corrected chi connectivity index (χ2v) is 6.56. The fraction of sp³-hybridized carbons (Fsp3) is 0.611. The molecule has 2 atom stereocenters. The van der Waals surface area contributed by atoms with E-state index in [1.807, 2.05) is 19.1 Å². The van der Waals surface area contributed by atoms with Crippen LogP contribution >= 0.6 is 0 Å². The summed E-state index contributed by atoms with van der Waals surface area (Å²) in [5, 5.41) is 10.3. The van der Waals surface area contributed by atoms with E-state index in [0.29, 0.717) is 18.8 Å². The van der Waals surface area contributed by atoms with Crippen LogP contribution in [0.15, 0.2) is 12.1 Å². The highest BCUT2D eigenvalue weighted by atomic mass is 16.5. The quantitative estimate of drug-likeness (QED) is 0.844. The second-order valence-electron chi connectivity index (χ2n) is 6.56. The lowest BCUT2D eigenvalue weighted by atomic mass is 9.82. The van der Waals surface area contributed by atoms with Gasteiger partial charge in [0.05, 0.1) is 25.7 Å². The Hall–Kier alpha value is -1.75. The van der Waals surface area contributed by atoms with Gasteiger partial charge in [0.1, 0.15) is 17.6 Å². The van der Waals surface area contributed by atoms with Gasteiger partial charge in [-0.1, -0.05) is 0 Å². The monoisotopic (exact) mass is 322 g/mol. The van der Waals surface area contributed by atoms with E-state index in [9.17, 15) is 9.90 Å². The summed E-state index contributed by atoms with van der Waals surface area (Å²) in [5.74, 6) is 1.17. The van der Waals surface area contributed by atoms with Gasteiger partial charge in [-0.05, 0) is 51.8 Å². The molecule has 1 N–H and O–H groups in total. The van der Waals surface area contributed by atoms with Crippen molar-refractivity contribution in [3.05, 3.63) is 23.3 Å². The third kappa shape index (κ3) is 3.96.